The molecule has 4 nitrogen and oxygen atoms in total. The Morgan fingerprint density at radius 3 is 3.06 bits per heavy atom. The van der Waals surface area contributed by atoms with Gasteiger partial charge in [-0.15, -0.1) is 11.8 Å². The average molecular weight is 273 g/mol. The van der Waals surface area contributed by atoms with Crippen LogP contribution in [0.15, 0.2) is 12.7 Å². The van der Waals surface area contributed by atoms with Crippen molar-refractivity contribution in [1.29, 1.82) is 0 Å². The Bertz CT molecular complexity index is 509. The predicted octanol–water partition coefficient (Wildman–Crippen LogP) is 2.46. The molecule has 0 aromatic carbocycles. The van der Waals surface area contributed by atoms with Crippen molar-refractivity contribution in [2.24, 2.45) is 0 Å². The van der Waals surface area contributed by atoms with Crippen molar-refractivity contribution in [3.8, 4) is 0 Å². The van der Waals surface area contributed by atoms with E-state index in [2.05, 4.69) is 19.5 Å². The van der Waals surface area contributed by atoms with E-state index < -0.39 is 0 Å². The highest BCUT2D eigenvalue weighted by Crippen LogP contribution is 2.34. The fourth-order valence-electron chi connectivity index (χ4n) is 1.67. The average Bonchev–Trinajstić information content (AvgIpc) is 2.75. The predicted molar refractivity (Wildman–Crippen MR) is 69.2 cm³/mol. The summed E-state index contributed by atoms with van der Waals surface area (Å²) in [4.78, 5) is 12.5. The normalized spacial score (nSPS) is 21.4. The van der Waals surface area contributed by atoms with Crippen molar-refractivity contribution < 1.29 is 0 Å². The summed E-state index contributed by atoms with van der Waals surface area (Å²) in [5.41, 5.74) is 1.53. The second-order valence-corrected chi connectivity index (χ2v) is 6.18. The molecule has 1 unspecified atom stereocenters. The van der Waals surface area contributed by atoms with Gasteiger partial charge in [0.2, 0.25) is 0 Å². The first-order valence-corrected chi connectivity index (χ1v) is 7.47. The van der Waals surface area contributed by atoms with Crippen LogP contribution in [-0.4, -0.2) is 36.8 Å². The maximum atomic E-state index is 5.97. The molecular formula is C9H9ClN4S2. The molecule has 0 aliphatic carbocycles. The van der Waals surface area contributed by atoms with E-state index in [1.54, 1.807) is 0 Å². The van der Waals surface area contributed by atoms with E-state index in [0.29, 0.717) is 16.0 Å². The molecule has 1 atom stereocenters. The van der Waals surface area contributed by atoms with Crippen LogP contribution < -0.4 is 0 Å². The van der Waals surface area contributed by atoms with Gasteiger partial charge in [0.15, 0.2) is 10.8 Å². The van der Waals surface area contributed by atoms with Crippen LogP contribution in [0, 0.1) is 0 Å². The van der Waals surface area contributed by atoms with Crippen LogP contribution >= 0.6 is 35.1 Å². The van der Waals surface area contributed by atoms with Crippen LogP contribution in [0.2, 0.25) is 5.15 Å². The molecule has 2 aromatic heterocycles. The lowest BCUT2D eigenvalue weighted by Gasteiger charge is -2.22. The molecule has 84 valence electrons. The number of hydrogen-bond donors (Lipinski definition) is 0. The number of aromatic nitrogens is 4. The van der Waals surface area contributed by atoms with E-state index >= 15 is 0 Å². The molecule has 16 heavy (non-hydrogen) atoms. The van der Waals surface area contributed by atoms with Gasteiger partial charge in [-0.1, -0.05) is 11.6 Å². The molecule has 1 aliphatic heterocycles. The molecule has 0 amide bonds. The molecule has 3 rings (SSSR count). The van der Waals surface area contributed by atoms with Gasteiger partial charge in [-0.2, -0.15) is 11.8 Å². The first-order valence-electron chi connectivity index (χ1n) is 4.88. The smallest absolute Gasteiger partial charge is 0.165 e. The topological polar surface area (TPSA) is 43.6 Å². The van der Waals surface area contributed by atoms with E-state index in [4.69, 9.17) is 11.6 Å². The summed E-state index contributed by atoms with van der Waals surface area (Å²) in [6, 6.07) is 0. The van der Waals surface area contributed by atoms with Gasteiger partial charge >= 0.3 is 0 Å². The highest BCUT2D eigenvalue weighted by Gasteiger charge is 2.19. The highest BCUT2D eigenvalue weighted by molar-refractivity contribution is 8.06. The number of halogens is 1. The molecule has 0 radical (unpaired) electrons. The minimum atomic E-state index is 0.412. The van der Waals surface area contributed by atoms with Crippen LogP contribution in [0.1, 0.15) is 5.37 Å². The first-order chi connectivity index (χ1) is 7.86. The molecule has 2 aromatic rings. The minimum absolute atomic E-state index is 0.412. The standard InChI is InChI=1S/C9H9ClN4S2/c10-8-7-9(12-4-11-8)14(5-13-7)6-3-15-1-2-16-6/h4-6H,1-3H2. The molecule has 0 bridgehead atoms. The van der Waals surface area contributed by atoms with Crippen molar-refractivity contribution in [2.45, 2.75) is 5.37 Å². The highest BCUT2D eigenvalue weighted by atomic mass is 35.5. The van der Waals surface area contributed by atoms with Gasteiger partial charge in [-0.05, 0) is 0 Å². The fraction of sp³-hybridized carbons (Fsp3) is 0.444. The van der Waals surface area contributed by atoms with Gasteiger partial charge in [0.25, 0.3) is 0 Å². The molecule has 0 spiro atoms. The summed E-state index contributed by atoms with van der Waals surface area (Å²) in [5, 5.41) is 0.840. The number of nitrogens with zero attached hydrogens (tertiary/aromatic N) is 4. The summed E-state index contributed by atoms with van der Waals surface area (Å²) in [7, 11) is 0. The quantitative estimate of drug-likeness (QED) is 0.746. The van der Waals surface area contributed by atoms with Crippen molar-refractivity contribution in [3.05, 3.63) is 17.8 Å². The Labute approximate surface area is 106 Å². The molecule has 7 heteroatoms. The van der Waals surface area contributed by atoms with Crippen LogP contribution in [-0.2, 0) is 0 Å². The fourth-order valence-corrected chi connectivity index (χ4v) is 4.49. The second-order valence-electron chi connectivity index (χ2n) is 3.39. The monoisotopic (exact) mass is 272 g/mol. The molecule has 3 heterocycles. The second kappa shape index (κ2) is 4.43. The van der Waals surface area contributed by atoms with E-state index in [-0.39, 0.29) is 0 Å². The summed E-state index contributed by atoms with van der Waals surface area (Å²) < 4.78 is 2.10. The summed E-state index contributed by atoms with van der Waals surface area (Å²) >= 11 is 9.88. The number of fused-ring (bicyclic) bond motifs is 1. The van der Waals surface area contributed by atoms with Crippen LogP contribution in [0.4, 0.5) is 0 Å². The Hall–Kier alpha value is -0.460. The third-order valence-electron chi connectivity index (χ3n) is 2.42. The lowest BCUT2D eigenvalue weighted by Crippen LogP contribution is -2.13. The summed E-state index contributed by atoms with van der Waals surface area (Å²) in [6.07, 6.45) is 3.30. The lowest BCUT2D eigenvalue weighted by molar-refractivity contribution is 0.760. The van der Waals surface area contributed by atoms with Crippen LogP contribution in [0.5, 0.6) is 0 Å². The zero-order chi connectivity index (χ0) is 11.0. The maximum Gasteiger partial charge on any atom is 0.165 e. The van der Waals surface area contributed by atoms with Crippen LogP contribution in [0.3, 0.4) is 0 Å². The zero-order valence-corrected chi connectivity index (χ0v) is 10.7. The van der Waals surface area contributed by atoms with Gasteiger partial charge in [-0.25, -0.2) is 15.0 Å². The third kappa shape index (κ3) is 1.78. The maximum absolute atomic E-state index is 5.97. The van der Waals surface area contributed by atoms with Crippen molar-refractivity contribution in [1.82, 2.24) is 19.5 Å². The van der Waals surface area contributed by atoms with Crippen LogP contribution in [0.25, 0.3) is 11.2 Å². The van der Waals surface area contributed by atoms with E-state index in [9.17, 15) is 0 Å². The van der Waals surface area contributed by atoms with E-state index in [1.165, 1.54) is 17.8 Å². The van der Waals surface area contributed by atoms with E-state index in [0.717, 1.165) is 11.4 Å². The number of thioether (sulfide) groups is 2. The Balaban J connectivity index is 2.06. The largest absolute Gasteiger partial charge is 0.302 e. The van der Waals surface area contributed by atoms with Crippen molar-refractivity contribution in [3.63, 3.8) is 0 Å². The van der Waals surface area contributed by atoms with Crippen molar-refractivity contribution in [2.75, 3.05) is 17.3 Å². The Morgan fingerprint density at radius 1 is 1.31 bits per heavy atom. The molecule has 0 saturated carbocycles. The molecule has 0 N–H and O–H groups in total. The SMILES string of the molecule is Clc1ncnc2c1ncn2C1CSCCS1. The Morgan fingerprint density at radius 2 is 2.25 bits per heavy atom. The minimum Gasteiger partial charge on any atom is -0.302 e. The molecule has 1 fully saturated rings. The lowest BCUT2D eigenvalue weighted by atomic mass is 10.5. The number of imidazole rings is 1. The Kier molecular flexibility index (Phi) is 2.95. The zero-order valence-electron chi connectivity index (χ0n) is 8.34. The van der Waals surface area contributed by atoms with Gasteiger partial charge in [0, 0.05) is 17.3 Å². The molecule has 1 saturated heterocycles. The molecular weight excluding hydrogens is 264 g/mol. The van der Waals surface area contributed by atoms with E-state index in [1.807, 2.05) is 29.9 Å². The van der Waals surface area contributed by atoms with Gasteiger partial charge in [0.1, 0.15) is 11.8 Å². The van der Waals surface area contributed by atoms with Gasteiger partial charge < -0.3 is 4.57 Å². The first kappa shape index (κ1) is 10.7. The number of hydrogen-bond acceptors (Lipinski definition) is 5. The van der Waals surface area contributed by atoms with Crippen molar-refractivity contribution >= 4 is 46.3 Å². The number of rotatable bonds is 1. The third-order valence-corrected chi connectivity index (χ3v) is 5.43. The van der Waals surface area contributed by atoms with Gasteiger partial charge in [0.05, 0.1) is 11.7 Å². The van der Waals surface area contributed by atoms with Gasteiger partial charge in [-0.3, -0.25) is 0 Å². The molecule has 1 aliphatic rings. The summed E-state index contributed by atoms with van der Waals surface area (Å²) in [5.74, 6) is 3.50. The summed E-state index contributed by atoms with van der Waals surface area (Å²) in [6.45, 7) is 0.